The molecule has 1 amide bonds. The first kappa shape index (κ1) is 53.7. The minimum atomic E-state index is -0.182. The summed E-state index contributed by atoms with van der Waals surface area (Å²) in [5, 5.41) is 24.8. The molecule has 8 heteroatoms. The van der Waals surface area contributed by atoms with E-state index in [1.165, 1.54) is 92.9 Å². The minimum Gasteiger partial charge on any atom is -0.448 e. The lowest BCUT2D eigenvalue weighted by Gasteiger charge is -2.50. The molecule has 12 fully saturated rings. The van der Waals surface area contributed by atoms with Crippen molar-refractivity contribution in [2.24, 2.45) is 91.7 Å². The molecule has 3 N–H and O–H groups in total. The van der Waals surface area contributed by atoms with Gasteiger partial charge in [0, 0.05) is 41.2 Å². The summed E-state index contributed by atoms with van der Waals surface area (Å²) in [5.41, 5.74) is 10.1. The van der Waals surface area contributed by atoms with Crippen molar-refractivity contribution in [3.8, 4) is 11.1 Å². The van der Waals surface area contributed by atoms with Gasteiger partial charge >= 0.3 is 6.09 Å². The predicted octanol–water partition coefficient (Wildman–Crippen LogP) is 14.5. The summed E-state index contributed by atoms with van der Waals surface area (Å²) in [5.74, 6) is 6.97. The number of hydrogen-bond acceptors (Lipinski definition) is 7. The molecule has 24 atom stereocenters. The molecule has 11 aliphatic carbocycles. The van der Waals surface area contributed by atoms with Gasteiger partial charge in [-0.2, -0.15) is 0 Å². The van der Waals surface area contributed by atoms with Gasteiger partial charge in [0.1, 0.15) is 6.61 Å². The summed E-state index contributed by atoms with van der Waals surface area (Å²) in [6, 6.07) is 17.8. The number of carbonyl (C=O) groups excluding carboxylic acids is 1. The number of aliphatic hydroxyl groups is 2. The molecule has 2 aromatic rings. The third kappa shape index (κ3) is 6.73. The molecule has 434 valence electrons. The highest BCUT2D eigenvalue weighted by Crippen LogP contribution is 2.89. The van der Waals surface area contributed by atoms with Gasteiger partial charge in [-0.25, -0.2) is 4.79 Å². The molecular formula is C72H100N2O6. The summed E-state index contributed by atoms with van der Waals surface area (Å²) < 4.78 is 21.0. The van der Waals surface area contributed by atoms with E-state index in [0.29, 0.717) is 52.2 Å². The number of piperidine rings is 2. The highest BCUT2D eigenvalue weighted by molar-refractivity contribution is 5.79. The van der Waals surface area contributed by atoms with E-state index in [9.17, 15) is 15.0 Å². The first-order valence-corrected chi connectivity index (χ1v) is 32.8. The van der Waals surface area contributed by atoms with Crippen LogP contribution in [0, 0.1) is 91.7 Å². The average Bonchev–Trinajstić information content (AvgIpc) is 1.61. The van der Waals surface area contributed by atoms with Gasteiger partial charge in [0.25, 0.3) is 0 Å². The van der Waals surface area contributed by atoms with Crippen LogP contribution in [0.1, 0.15) is 195 Å². The number of ether oxygens (including phenoxy) is 3. The molecule has 15 aliphatic rings. The molecule has 4 aliphatic heterocycles. The smallest absolute Gasteiger partial charge is 0.410 e. The first-order chi connectivity index (χ1) is 37.8. The van der Waals surface area contributed by atoms with E-state index in [0.717, 1.165) is 99.5 Å². The summed E-state index contributed by atoms with van der Waals surface area (Å²) in [6.45, 7) is 22.2. The average molecular weight is 1090 g/mol. The Morgan fingerprint density at radius 3 is 1.74 bits per heavy atom. The maximum Gasteiger partial charge on any atom is 0.410 e. The maximum absolute atomic E-state index is 14.2. The largest absolute Gasteiger partial charge is 0.448 e. The Hall–Kier alpha value is -3.01. The molecule has 0 bridgehead atoms. The SMILES string of the molecule is C.C[C@@H]1CN[C@H]2[C@@H](C)[C@@]3(CC[C@H]4[C@@H]5CC=C6C[C@@H](O)CC[C@]6(C)[C@H]5CC45CC53C)O[C@@H]2C1.C[C@H]1C[C@H]2O[C@]3(CC[C@H]4[C@@H]5CC=C6C[C@@H](O)CC[C@]6(C)[C@H]5CC45CC53C)[C@H](C)[C@@H]2N(C(=O)OCC2c3ccccc3-c3ccccc32)C1. The quantitative estimate of drug-likeness (QED) is 0.258. The molecule has 4 unspecified atom stereocenters. The van der Waals surface area contributed by atoms with Gasteiger partial charge in [-0.05, 0) is 213 Å². The molecule has 8 nitrogen and oxygen atoms in total. The Bertz CT molecular complexity index is 2870. The van der Waals surface area contributed by atoms with E-state index in [1.807, 2.05) is 0 Å². The van der Waals surface area contributed by atoms with Crippen molar-refractivity contribution in [2.75, 3.05) is 19.7 Å². The number of carbonyl (C=O) groups is 1. The molecule has 17 rings (SSSR count). The zero-order valence-corrected chi connectivity index (χ0v) is 49.4. The lowest BCUT2D eigenvalue weighted by Crippen LogP contribution is -2.56. The lowest BCUT2D eigenvalue weighted by atomic mass is 9.56. The van der Waals surface area contributed by atoms with E-state index < -0.39 is 0 Å². The fourth-order valence-electron chi connectivity index (χ4n) is 25.3. The molecule has 0 aromatic heterocycles. The van der Waals surface area contributed by atoms with Gasteiger partial charge in [0.05, 0.1) is 41.7 Å². The van der Waals surface area contributed by atoms with Gasteiger partial charge < -0.3 is 34.6 Å². The van der Waals surface area contributed by atoms with Crippen LogP contribution in [0.2, 0.25) is 0 Å². The van der Waals surface area contributed by atoms with E-state index in [1.54, 1.807) is 11.1 Å². The molecule has 2 aromatic carbocycles. The van der Waals surface area contributed by atoms with Crippen molar-refractivity contribution < 1.29 is 29.2 Å². The number of hydrogen-bond donors (Lipinski definition) is 3. The van der Waals surface area contributed by atoms with Crippen LogP contribution in [-0.2, 0) is 14.2 Å². The van der Waals surface area contributed by atoms with Gasteiger partial charge in [-0.3, -0.25) is 0 Å². The normalized spacial score (nSPS) is 52.7. The van der Waals surface area contributed by atoms with Crippen LogP contribution in [0.25, 0.3) is 11.1 Å². The Morgan fingerprint density at radius 1 is 0.662 bits per heavy atom. The summed E-state index contributed by atoms with van der Waals surface area (Å²) >= 11 is 0. The van der Waals surface area contributed by atoms with Crippen molar-refractivity contribution in [2.45, 2.75) is 232 Å². The van der Waals surface area contributed by atoms with E-state index in [4.69, 9.17) is 14.2 Å². The molecular weight excluding hydrogens is 989 g/mol. The highest BCUT2D eigenvalue weighted by Gasteiger charge is 2.86. The maximum atomic E-state index is 14.2. The number of rotatable bonds is 2. The van der Waals surface area contributed by atoms with Crippen molar-refractivity contribution in [1.29, 1.82) is 0 Å². The summed E-state index contributed by atoms with van der Waals surface area (Å²) in [6.07, 6.45) is 26.6. The zero-order valence-electron chi connectivity index (χ0n) is 49.4. The number of allylic oxidation sites excluding steroid dienone is 2. The van der Waals surface area contributed by atoms with E-state index in [2.05, 4.69) is 126 Å². The third-order valence-electron chi connectivity index (χ3n) is 29.2. The van der Waals surface area contributed by atoms with Crippen LogP contribution in [-0.4, -0.2) is 88.6 Å². The lowest BCUT2D eigenvalue weighted by molar-refractivity contribution is -0.147. The zero-order chi connectivity index (χ0) is 54.2. The number of nitrogens with zero attached hydrogens (tertiary/aromatic N) is 1. The second-order valence-electron chi connectivity index (χ2n) is 31.9. The Morgan fingerprint density at radius 2 is 1.18 bits per heavy atom. The van der Waals surface area contributed by atoms with Gasteiger partial charge in [0.15, 0.2) is 0 Å². The van der Waals surface area contributed by atoms with Gasteiger partial charge in [0.2, 0.25) is 0 Å². The molecule has 4 saturated heterocycles. The second kappa shape index (κ2) is 17.8. The molecule has 4 spiro atoms. The topological polar surface area (TPSA) is 100 Å². The molecule has 80 heavy (non-hydrogen) atoms. The van der Waals surface area contributed by atoms with Crippen molar-refractivity contribution in [1.82, 2.24) is 10.2 Å². The van der Waals surface area contributed by atoms with Crippen LogP contribution in [0.5, 0.6) is 0 Å². The first-order valence-electron chi connectivity index (χ1n) is 32.8. The number of aliphatic hydroxyl groups excluding tert-OH is 2. The fourth-order valence-corrected chi connectivity index (χ4v) is 25.3. The fraction of sp³-hybridized carbons (Fsp3) is 0.764. The number of nitrogens with one attached hydrogen (secondary N) is 1. The Labute approximate surface area is 480 Å². The van der Waals surface area contributed by atoms with Gasteiger partial charge in [-0.15, -0.1) is 0 Å². The molecule has 4 heterocycles. The summed E-state index contributed by atoms with van der Waals surface area (Å²) in [7, 11) is 0. The predicted molar refractivity (Wildman–Crippen MR) is 315 cm³/mol. The van der Waals surface area contributed by atoms with Gasteiger partial charge in [-0.1, -0.05) is 135 Å². The Kier molecular flexibility index (Phi) is 11.9. The molecule has 0 radical (unpaired) electrons. The van der Waals surface area contributed by atoms with Crippen molar-refractivity contribution in [3.05, 3.63) is 83.0 Å². The highest BCUT2D eigenvalue weighted by atomic mass is 16.6. The van der Waals surface area contributed by atoms with Crippen LogP contribution < -0.4 is 5.32 Å². The second-order valence-corrected chi connectivity index (χ2v) is 31.9. The van der Waals surface area contributed by atoms with Crippen LogP contribution in [0.15, 0.2) is 71.8 Å². The third-order valence-corrected chi connectivity index (χ3v) is 29.2. The number of amides is 1. The standard InChI is InChI=1S/C43H53NO4.C28H43NO2.CH4/c1-25-19-37-38(44(22-25)39(46)47-23-34-31-11-7-5-9-29(31)30-10-6-8-12-32(30)34)26(2)43(48-37)18-16-35-33-14-13-27-20-28(45)15-17-40(27,3)36(33)21-42(35)24-41(42,43)4;1-16-11-23-24(29-14-16)17(2)28(31-23)10-8-21-20-6-5-18-12-19(30)7-9-25(18,3)22(20)13-27(21)15-26(27,28)4;/h5-13,25-26,28,33-38,45H,14-24H2,1-4H3;5,16-17,19-24,29-30H,6-15H2,1-4H3;1H4/t25-,26+,28-,33-,35-,36-,37+,38-,40-,41?,42?,43+;16-,17+,19-,20-,21-,22-,23+,24-,25-,26?,27?,28+;/m00./s1. The van der Waals surface area contributed by atoms with Crippen LogP contribution in [0.3, 0.4) is 0 Å². The van der Waals surface area contributed by atoms with Crippen molar-refractivity contribution in [3.63, 3.8) is 0 Å². The summed E-state index contributed by atoms with van der Waals surface area (Å²) in [4.78, 5) is 16.3. The minimum absolute atomic E-state index is 0. The van der Waals surface area contributed by atoms with Crippen molar-refractivity contribution >= 4 is 6.09 Å². The number of likely N-dealkylation sites (tertiary alicyclic amines) is 1. The van der Waals surface area contributed by atoms with E-state index >= 15 is 0 Å². The number of benzene rings is 2. The Balaban J connectivity index is 0.000000149. The van der Waals surface area contributed by atoms with Crippen LogP contribution in [0.4, 0.5) is 4.79 Å². The van der Waals surface area contributed by atoms with E-state index in [-0.39, 0.29) is 71.7 Å². The number of fused-ring (bicyclic) bond motifs is 15. The molecule has 8 saturated carbocycles. The van der Waals surface area contributed by atoms with Crippen LogP contribution >= 0.6 is 0 Å². The monoisotopic (exact) mass is 1090 g/mol.